The molecule has 0 fully saturated rings. The zero-order valence-electron chi connectivity index (χ0n) is 7.07. The smallest absolute Gasteiger partial charge is 0.261 e. The second-order valence-corrected chi connectivity index (χ2v) is 5.10. The van der Waals surface area contributed by atoms with Gasteiger partial charge in [-0.15, -0.1) is 0 Å². The van der Waals surface area contributed by atoms with E-state index >= 15 is 0 Å². The summed E-state index contributed by atoms with van der Waals surface area (Å²) in [6, 6.07) is 2.88. The van der Waals surface area contributed by atoms with Gasteiger partial charge in [0.25, 0.3) is 9.05 Å². The standard InChI is InChI=1S/C8H3ClFNO3S/c9-15(13,14)6-1-5(4-12)7(3-11)8(10)2-6/h1-2,4H. The van der Waals surface area contributed by atoms with Crippen molar-refractivity contribution in [2.75, 3.05) is 0 Å². The number of halogens is 2. The van der Waals surface area contributed by atoms with Crippen molar-refractivity contribution in [1.82, 2.24) is 0 Å². The van der Waals surface area contributed by atoms with Crippen LogP contribution in [0.25, 0.3) is 0 Å². The van der Waals surface area contributed by atoms with E-state index in [4.69, 9.17) is 15.9 Å². The van der Waals surface area contributed by atoms with E-state index in [1.807, 2.05) is 0 Å². The van der Waals surface area contributed by atoms with Gasteiger partial charge in [0.2, 0.25) is 0 Å². The van der Waals surface area contributed by atoms with Crippen molar-refractivity contribution < 1.29 is 17.6 Å². The highest BCUT2D eigenvalue weighted by atomic mass is 35.7. The van der Waals surface area contributed by atoms with Crippen LogP contribution in [0.1, 0.15) is 15.9 Å². The van der Waals surface area contributed by atoms with Crippen molar-refractivity contribution in [3.8, 4) is 6.07 Å². The normalized spacial score (nSPS) is 10.7. The minimum absolute atomic E-state index is 0.188. The molecule has 1 rings (SSSR count). The third kappa shape index (κ3) is 2.32. The molecule has 0 bridgehead atoms. The predicted molar refractivity (Wildman–Crippen MR) is 49.5 cm³/mol. The Balaban J connectivity index is 3.62. The summed E-state index contributed by atoms with van der Waals surface area (Å²) in [6.45, 7) is 0. The average Bonchev–Trinajstić information content (AvgIpc) is 2.15. The second-order valence-electron chi connectivity index (χ2n) is 2.54. The van der Waals surface area contributed by atoms with E-state index in [2.05, 4.69) is 0 Å². The molecule has 0 aliphatic carbocycles. The first-order chi connectivity index (χ1) is 6.90. The van der Waals surface area contributed by atoms with Crippen LogP contribution in [0, 0.1) is 17.1 Å². The molecule has 15 heavy (non-hydrogen) atoms. The number of benzene rings is 1. The topological polar surface area (TPSA) is 75.0 Å². The first kappa shape index (κ1) is 11.6. The molecule has 0 radical (unpaired) electrons. The Hall–Kier alpha value is -1.45. The van der Waals surface area contributed by atoms with E-state index in [9.17, 15) is 17.6 Å². The Bertz CT molecular complexity index is 562. The number of nitrogens with zero attached hydrogens (tertiary/aromatic N) is 1. The minimum Gasteiger partial charge on any atom is -0.298 e. The number of nitriles is 1. The molecule has 1 aromatic carbocycles. The molecule has 0 saturated carbocycles. The summed E-state index contributed by atoms with van der Waals surface area (Å²) in [5, 5.41) is 8.49. The molecule has 0 N–H and O–H groups in total. The van der Waals surface area contributed by atoms with Crippen molar-refractivity contribution in [2.24, 2.45) is 0 Å². The Kier molecular flexibility index (Phi) is 3.07. The molecule has 0 heterocycles. The van der Waals surface area contributed by atoms with Gasteiger partial charge in [-0.2, -0.15) is 5.26 Å². The SMILES string of the molecule is N#Cc1c(F)cc(S(=O)(=O)Cl)cc1C=O. The maximum absolute atomic E-state index is 13.1. The molecule has 1 aromatic rings. The van der Waals surface area contributed by atoms with Crippen molar-refractivity contribution in [3.63, 3.8) is 0 Å². The molecule has 0 atom stereocenters. The molecule has 4 nitrogen and oxygen atoms in total. The fraction of sp³-hybridized carbons (Fsp3) is 0. The Morgan fingerprint density at radius 2 is 2.07 bits per heavy atom. The highest BCUT2D eigenvalue weighted by molar-refractivity contribution is 8.13. The summed E-state index contributed by atoms with van der Waals surface area (Å²) < 4.78 is 34.8. The van der Waals surface area contributed by atoms with Gasteiger partial charge >= 0.3 is 0 Å². The van der Waals surface area contributed by atoms with E-state index in [0.29, 0.717) is 6.07 Å². The highest BCUT2D eigenvalue weighted by Crippen LogP contribution is 2.21. The van der Waals surface area contributed by atoms with Gasteiger partial charge in [0.15, 0.2) is 6.29 Å². The summed E-state index contributed by atoms with van der Waals surface area (Å²) in [6.07, 6.45) is 0.188. The van der Waals surface area contributed by atoms with Crippen LogP contribution in [0.4, 0.5) is 4.39 Å². The fourth-order valence-corrected chi connectivity index (χ4v) is 1.73. The molecule has 0 unspecified atom stereocenters. The summed E-state index contributed by atoms with van der Waals surface area (Å²) in [5.41, 5.74) is -0.856. The van der Waals surface area contributed by atoms with E-state index in [0.717, 1.165) is 6.07 Å². The maximum Gasteiger partial charge on any atom is 0.261 e. The second kappa shape index (κ2) is 3.96. The maximum atomic E-state index is 13.1. The minimum atomic E-state index is -4.12. The monoisotopic (exact) mass is 247 g/mol. The Labute approximate surface area is 89.3 Å². The summed E-state index contributed by atoms with van der Waals surface area (Å²) in [7, 11) is 0.843. The fourth-order valence-electron chi connectivity index (χ4n) is 0.954. The van der Waals surface area contributed by atoms with Crippen molar-refractivity contribution in [3.05, 3.63) is 29.1 Å². The third-order valence-corrected chi connectivity index (χ3v) is 2.95. The van der Waals surface area contributed by atoms with E-state index < -0.39 is 25.3 Å². The zero-order valence-corrected chi connectivity index (χ0v) is 8.64. The highest BCUT2D eigenvalue weighted by Gasteiger charge is 2.17. The lowest BCUT2D eigenvalue weighted by Crippen LogP contribution is -1.99. The quantitative estimate of drug-likeness (QED) is 0.585. The lowest BCUT2D eigenvalue weighted by atomic mass is 10.1. The Morgan fingerprint density at radius 3 is 2.47 bits per heavy atom. The van der Waals surface area contributed by atoms with Crippen LogP contribution in [0.5, 0.6) is 0 Å². The Morgan fingerprint density at radius 1 is 1.47 bits per heavy atom. The van der Waals surface area contributed by atoms with Crippen LogP contribution in [-0.4, -0.2) is 14.7 Å². The summed E-state index contributed by atoms with van der Waals surface area (Å²) in [5.74, 6) is -1.10. The molecule has 0 aromatic heterocycles. The van der Waals surface area contributed by atoms with Gasteiger partial charge in [0.1, 0.15) is 11.9 Å². The van der Waals surface area contributed by atoms with Crippen molar-refractivity contribution in [1.29, 1.82) is 5.26 Å². The van der Waals surface area contributed by atoms with Crippen LogP contribution in [0.3, 0.4) is 0 Å². The first-order valence-electron chi connectivity index (χ1n) is 3.53. The molecule has 0 aliphatic heterocycles. The van der Waals surface area contributed by atoms with Crippen LogP contribution in [-0.2, 0) is 9.05 Å². The largest absolute Gasteiger partial charge is 0.298 e. The van der Waals surface area contributed by atoms with Crippen LogP contribution < -0.4 is 0 Å². The summed E-state index contributed by atoms with van der Waals surface area (Å²) >= 11 is 0. The van der Waals surface area contributed by atoms with E-state index in [1.165, 1.54) is 6.07 Å². The predicted octanol–water partition coefficient (Wildman–Crippen LogP) is 1.44. The van der Waals surface area contributed by atoms with Gasteiger partial charge in [-0.05, 0) is 12.1 Å². The number of aldehydes is 1. The van der Waals surface area contributed by atoms with Crippen LogP contribution >= 0.6 is 10.7 Å². The van der Waals surface area contributed by atoms with Gasteiger partial charge in [0, 0.05) is 16.2 Å². The molecule has 0 saturated heterocycles. The number of hydrogen-bond donors (Lipinski definition) is 0. The van der Waals surface area contributed by atoms with Crippen LogP contribution in [0.15, 0.2) is 17.0 Å². The van der Waals surface area contributed by atoms with Gasteiger partial charge in [0.05, 0.1) is 10.5 Å². The first-order valence-corrected chi connectivity index (χ1v) is 5.84. The lowest BCUT2D eigenvalue weighted by molar-refractivity contribution is 0.112. The number of rotatable bonds is 2. The van der Waals surface area contributed by atoms with Crippen molar-refractivity contribution >= 4 is 26.0 Å². The molecule has 0 amide bonds. The third-order valence-electron chi connectivity index (χ3n) is 1.61. The zero-order chi connectivity index (χ0) is 11.6. The molecule has 0 spiro atoms. The average molecular weight is 248 g/mol. The number of carbonyl (C=O) groups excluding carboxylic acids is 1. The van der Waals surface area contributed by atoms with Gasteiger partial charge in [-0.25, -0.2) is 12.8 Å². The van der Waals surface area contributed by atoms with E-state index in [1.54, 1.807) is 0 Å². The molecular formula is C8H3ClFNO3S. The van der Waals surface area contributed by atoms with Gasteiger partial charge in [-0.3, -0.25) is 4.79 Å². The van der Waals surface area contributed by atoms with Gasteiger partial charge < -0.3 is 0 Å². The lowest BCUT2D eigenvalue weighted by Gasteiger charge is -2.01. The summed E-state index contributed by atoms with van der Waals surface area (Å²) in [4.78, 5) is 9.91. The van der Waals surface area contributed by atoms with Crippen LogP contribution in [0.2, 0.25) is 0 Å². The van der Waals surface area contributed by atoms with Gasteiger partial charge in [-0.1, -0.05) is 0 Å². The number of hydrogen-bond acceptors (Lipinski definition) is 4. The molecular weight excluding hydrogens is 245 g/mol. The number of carbonyl (C=O) groups is 1. The molecule has 78 valence electrons. The molecule has 0 aliphatic rings. The van der Waals surface area contributed by atoms with E-state index in [-0.39, 0.29) is 11.8 Å². The molecule has 7 heteroatoms. The van der Waals surface area contributed by atoms with Crippen molar-refractivity contribution in [2.45, 2.75) is 4.90 Å².